The van der Waals surface area contributed by atoms with Crippen LogP contribution in [0.2, 0.25) is 0 Å². The SMILES string of the molecule is O=C(O)c1cc(-c2cc(F)ccc2N2CCCC2)n[nH]1. The van der Waals surface area contributed by atoms with E-state index in [0.29, 0.717) is 11.3 Å². The number of carboxylic acid groups (broad SMARTS) is 1. The Kier molecular flexibility index (Phi) is 3.14. The monoisotopic (exact) mass is 275 g/mol. The van der Waals surface area contributed by atoms with Crippen molar-refractivity contribution >= 4 is 11.7 Å². The fourth-order valence-corrected chi connectivity index (χ4v) is 2.52. The lowest BCUT2D eigenvalue weighted by Crippen LogP contribution is -2.18. The van der Waals surface area contributed by atoms with E-state index in [1.807, 2.05) is 0 Å². The molecule has 20 heavy (non-hydrogen) atoms. The summed E-state index contributed by atoms with van der Waals surface area (Å²) in [6.07, 6.45) is 2.22. The maximum absolute atomic E-state index is 13.5. The van der Waals surface area contributed by atoms with E-state index in [4.69, 9.17) is 5.11 Å². The average Bonchev–Trinajstić information content (AvgIpc) is 3.10. The topological polar surface area (TPSA) is 69.2 Å². The maximum atomic E-state index is 13.5. The van der Waals surface area contributed by atoms with E-state index in [1.54, 1.807) is 6.07 Å². The van der Waals surface area contributed by atoms with Gasteiger partial charge >= 0.3 is 5.97 Å². The summed E-state index contributed by atoms with van der Waals surface area (Å²) < 4.78 is 13.5. The summed E-state index contributed by atoms with van der Waals surface area (Å²) in [6.45, 7) is 1.85. The van der Waals surface area contributed by atoms with Crippen LogP contribution in [-0.2, 0) is 0 Å². The van der Waals surface area contributed by atoms with Crippen molar-refractivity contribution in [1.29, 1.82) is 0 Å². The van der Waals surface area contributed by atoms with E-state index in [0.717, 1.165) is 31.6 Å². The van der Waals surface area contributed by atoms with Crippen LogP contribution in [0.4, 0.5) is 10.1 Å². The molecule has 1 fully saturated rings. The molecule has 6 heteroatoms. The molecule has 1 aliphatic rings. The Morgan fingerprint density at radius 2 is 2.05 bits per heavy atom. The standard InChI is InChI=1S/C14H14FN3O2/c15-9-3-4-13(18-5-1-2-6-18)10(7-9)11-8-12(14(19)20)17-16-11/h3-4,7-8H,1-2,5-6H2,(H,16,17)(H,19,20). The molecule has 5 nitrogen and oxygen atoms in total. The van der Waals surface area contributed by atoms with E-state index in [-0.39, 0.29) is 11.5 Å². The highest BCUT2D eigenvalue weighted by atomic mass is 19.1. The number of aromatic nitrogens is 2. The normalized spacial score (nSPS) is 14.8. The summed E-state index contributed by atoms with van der Waals surface area (Å²) in [4.78, 5) is 13.1. The quantitative estimate of drug-likeness (QED) is 0.903. The summed E-state index contributed by atoms with van der Waals surface area (Å²) in [5.74, 6) is -1.44. The fraction of sp³-hybridized carbons (Fsp3) is 0.286. The smallest absolute Gasteiger partial charge is 0.353 e. The lowest BCUT2D eigenvalue weighted by molar-refractivity contribution is 0.0690. The van der Waals surface area contributed by atoms with Crippen molar-refractivity contribution < 1.29 is 14.3 Å². The zero-order valence-electron chi connectivity index (χ0n) is 10.8. The van der Waals surface area contributed by atoms with Crippen molar-refractivity contribution in [2.24, 2.45) is 0 Å². The van der Waals surface area contributed by atoms with E-state index in [1.165, 1.54) is 18.2 Å². The number of halogens is 1. The van der Waals surface area contributed by atoms with Crippen molar-refractivity contribution in [2.45, 2.75) is 12.8 Å². The number of carbonyl (C=O) groups is 1. The largest absolute Gasteiger partial charge is 0.477 e. The van der Waals surface area contributed by atoms with Crippen molar-refractivity contribution in [3.05, 3.63) is 35.8 Å². The summed E-state index contributed by atoms with van der Waals surface area (Å²) in [5, 5.41) is 15.4. The van der Waals surface area contributed by atoms with Crippen LogP contribution in [0.5, 0.6) is 0 Å². The number of aromatic amines is 1. The van der Waals surface area contributed by atoms with E-state index in [9.17, 15) is 9.18 Å². The number of hydrogen-bond donors (Lipinski definition) is 2. The molecule has 104 valence electrons. The van der Waals surface area contributed by atoms with Crippen LogP contribution in [0.3, 0.4) is 0 Å². The first-order valence-corrected chi connectivity index (χ1v) is 6.49. The molecule has 1 aromatic heterocycles. The van der Waals surface area contributed by atoms with Gasteiger partial charge in [-0.2, -0.15) is 5.10 Å². The molecule has 0 bridgehead atoms. The Balaban J connectivity index is 2.05. The van der Waals surface area contributed by atoms with Crippen molar-refractivity contribution in [3.8, 4) is 11.3 Å². The number of aromatic carboxylic acids is 1. The Hall–Kier alpha value is -2.37. The second-order valence-electron chi connectivity index (χ2n) is 4.83. The minimum Gasteiger partial charge on any atom is -0.477 e. The minimum absolute atomic E-state index is 0.00312. The maximum Gasteiger partial charge on any atom is 0.353 e. The van der Waals surface area contributed by atoms with Gasteiger partial charge in [0.1, 0.15) is 11.5 Å². The van der Waals surface area contributed by atoms with Gasteiger partial charge in [-0.25, -0.2) is 9.18 Å². The van der Waals surface area contributed by atoms with Crippen LogP contribution in [0.25, 0.3) is 11.3 Å². The van der Waals surface area contributed by atoms with Crippen LogP contribution >= 0.6 is 0 Å². The molecule has 1 aliphatic heterocycles. The number of benzene rings is 1. The number of rotatable bonds is 3. The van der Waals surface area contributed by atoms with Gasteiger partial charge in [-0.3, -0.25) is 5.10 Å². The third kappa shape index (κ3) is 2.24. The van der Waals surface area contributed by atoms with E-state index < -0.39 is 5.97 Å². The van der Waals surface area contributed by atoms with Gasteiger partial charge < -0.3 is 10.0 Å². The van der Waals surface area contributed by atoms with Crippen LogP contribution in [0.1, 0.15) is 23.3 Å². The number of anilines is 1. The molecule has 0 spiro atoms. The molecular weight excluding hydrogens is 261 g/mol. The lowest BCUT2D eigenvalue weighted by atomic mass is 10.1. The van der Waals surface area contributed by atoms with Crippen LogP contribution in [0, 0.1) is 5.82 Å². The van der Waals surface area contributed by atoms with Gasteiger partial charge in [0, 0.05) is 24.3 Å². The molecule has 0 radical (unpaired) electrons. The molecular formula is C14H14FN3O2. The van der Waals surface area contributed by atoms with Crippen LogP contribution < -0.4 is 4.90 Å². The summed E-state index contributed by atoms with van der Waals surface area (Å²) in [7, 11) is 0. The van der Waals surface area contributed by atoms with Crippen molar-refractivity contribution in [1.82, 2.24) is 10.2 Å². The number of H-pyrrole nitrogens is 1. The average molecular weight is 275 g/mol. The van der Waals surface area contributed by atoms with Gasteiger partial charge in [0.25, 0.3) is 0 Å². The van der Waals surface area contributed by atoms with Crippen LogP contribution in [0.15, 0.2) is 24.3 Å². The molecule has 0 unspecified atom stereocenters. The van der Waals surface area contributed by atoms with E-state index >= 15 is 0 Å². The summed E-state index contributed by atoms with van der Waals surface area (Å²) in [5.41, 5.74) is 1.96. The Morgan fingerprint density at radius 3 is 2.70 bits per heavy atom. The third-order valence-corrected chi connectivity index (χ3v) is 3.49. The fourth-order valence-electron chi connectivity index (χ4n) is 2.52. The number of nitrogens with one attached hydrogen (secondary N) is 1. The van der Waals surface area contributed by atoms with Gasteiger partial charge in [-0.15, -0.1) is 0 Å². The predicted molar refractivity (Wildman–Crippen MR) is 72.4 cm³/mol. The molecule has 2 aromatic rings. The van der Waals surface area contributed by atoms with Gasteiger partial charge in [0.15, 0.2) is 0 Å². The molecule has 0 atom stereocenters. The molecule has 1 aromatic carbocycles. The second kappa shape index (κ2) is 4.96. The molecule has 2 N–H and O–H groups in total. The molecule has 3 rings (SSSR count). The predicted octanol–water partition coefficient (Wildman–Crippen LogP) is 2.51. The van der Waals surface area contributed by atoms with E-state index in [2.05, 4.69) is 15.1 Å². The second-order valence-corrected chi connectivity index (χ2v) is 4.83. The van der Waals surface area contributed by atoms with Crippen molar-refractivity contribution in [3.63, 3.8) is 0 Å². The van der Waals surface area contributed by atoms with Crippen molar-refractivity contribution in [2.75, 3.05) is 18.0 Å². The summed E-state index contributed by atoms with van der Waals surface area (Å²) >= 11 is 0. The third-order valence-electron chi connectivity index (χ3n) is 3.49. The molecule has 2 heterocycles. The Labute approximate surface area is 115 Å². The first kappa shape index (κ1) is 12.7. The number of hydrogen-bond acceptors (Lipinski definition) is 3. The van der Waals surface area contributed by atoms with Gasteiger partial charge in [0.2, 0.25) is 0 Å². The molecule has 0 saturated carbocycles. The summed E-state index contributed by atoms with van der Waals surface area (Å²) in [6, 6.07) is 5.97. The zero-order valence-corrected chi connectivity index (χ0v) is 10.8. The minimum atomic E-state index is -1.08. The van der Waals surface area contributed by atoms with Gasteiger partial charge in [-0.05, 0) is 37.1 Å². The highest BCUT2D eigenvalue weighted by molar-refractivity contribution is 5.88. The number of nitrogens with zero attached hydrogens (tertiary/aromatic N) is 2. The lowest BCUT2D eigenvalue weighted by Gasteiger charge is -2.20. The van der Waals surface area contributed by atoms with Crippen LogP contribution in [-0.4, -0.2) is 34.4 Å². The Morgan fingerprint density at radius 1 is 1.30 bits per heavy atom. The van der Waals surface area contributed by atoms with Gasteiger partial charge in [-0.1, -0.05) is 0 Å². The highest BCUT2D eigenvalue weighted by Gasteiger charge is 2.19. The number of carboxylic acids is 1. The van der Waals surface area contributed by atoms with Gasteiger partial charge in [0.05, 0.1) is 5.69 Å². The molecule has 1 saturated heterocycles. The first-order chi connectivity index (χ1) is 9.65. The highest BCUT2D eigenvalue weighted by Crippen LogP contribution is 2.32. The molecule has 0 amide bonds. The Bertz CT molecular complexity index is 648. The first-order valence-electron chi connectivity index (χ1n) is 6.49. The zero-order chi connectivity index (χ0) is 14.1. The molecule has 0 aliphatic carbocycles.